The number of benzene rings is 1. The predicted octanol–water partition coefficient (Wildman–Crippen LogP) is 3.27. The first-order chi connectivity index (χ1) is 10.7. The van der Waals surface area contributed by atoms with Crippen molar-refractivity contribution in [3.05, 3.63) is 50.9 Å². The molecule has 2 N–H and O–H groups in total. The Morgan fingerprint density at radius 2 is 2.23 bits per heavy atom. The highest BCUT2D eigenvalue weighted by Crippen LogP contribution is 2.11. The first kappa shape index (κ1) is 16.8. The molecule has 0 radical (unpaired) electrons. The fourth-order valence-electron chi connectivity index (χ4n) is 2.01. The maximum atomic E-state index is 5.98. The molecule has 0 fully saturated rings. The molecule has 0 atom stereocenters. The molecule has 0 spiro atoms. The second-order valence-electron chi connectivity index (χ2n) is 4.82. The molecule has 0 aliphatic carbocycles. The molecule has 2 aromatic rings. The van der Waals surface area contributed by atoms with Crippen LogP contribution >= 0.6 is 22.9 Å². The number of thiazole rings is 1. The maximum Gasteiger partial charge on any atom is 0.191 e. The molecule has 1 aromatic heterocycles. The third kappa shape index (κ3) is 5.31. The van der Waals surface area contributed by atoms with Crippen LogP contribution in [0.2, 0.25) is 5.02 Å². The van der Waals surface area contributed by atoms with Crippen molar-refractivity contribution in [2.45, 2.75) is 26.3 Å². The van der Waals surface area contributed by atoms with Crippen LogP contribution in [0.5, 0.6) is 0 Å². The molecule has 4 nitrogen and oxygen atoms in total. The minimum atomic E-state index is 0.688. The fraction of sp³-hybridized carbons (Fsp3) is 0.375. The topological polar surface area (TPSA) is 49.3 Å². The number of nitrogens with one attached hydrogen (secondary N) is 2. The van der Waals surface area contributed by atoms with E-state index in [1.807, 2.05) is 18.2 Å². The van der Waals surface area contributed by atoms with E-state index in [1.54, 1.807) is 18.4 Å². The Balaban J connectivity index is 1.75. The van der Waals surface area contributed by atoms with Crippen LogP contribution in [0.3, 0.4) is 0 Å². The van der Waals surface area contributed by atoms with E-state index in [4.69, 9.17) is 11.6 Å². The van der Waals surface area contributed by atoms with Gasteiger partial charge in [0, 0.05) is 24.0 Å². The van der Waals surface area contributed by atoms with Crippen molar-refractivity contribution in [2.24, 2.45) is 4.99 Å². The molecule has 0 aliphatic heterocycles. The van der Waals surface area contributed by atoms with Gasteiger partial charge in [-0.05, 0) is 30.5 Å². The van der Waals surface area contributed by atoms with Crippen LogP contribution in [-0.4, -0.2) is 24.5 Å². The molecule has 0 saturated heterocycles. The summed E-state index contributed by atoms with van der Waals surface area (Å²) in [5.41, 5.74) is 2.27. The van der Waals surface area contributed by atoms with Gasteiger partial charge in [-0.2, -0.15) is 0 Å². The van der Waals surface area contributed by atoms with E-state index in [-0.39, 0.29) is 0 Å². The molecule has 1 heterocycles. The number of hydrogen-bond donors (Lipinski definition) is 2. The molecule has 0 aliphatic rings. The normalized spacial score (nSPS) is 11.5. The van der Waals surface area contributed by atoms with E-state index in [9.17, 15) is 0 Å². The van der Waals surface area contributed by atoms with Crippen LogP contribution in [0, 0.1) is 0 Å². The van der Waals surface area contributed by atoms with Gasteiger partial charge in [-0.25, -0.2) is 4.98 Å². The van der Waals surface area contributed by atoms with Gasteiger partial charge in [0.25, 0.3) is 0 Å². The van der Waals surface area contributed by atoms with Crippen molar-refractivity contribution in [2.75, 3.05) is 13.6 Å². The van der Waals surface area contributed by atoms with Crippen molar-refractivity contribution in [3.63, 3.8) is 0 Å². The van der Waals surface area contributed by atoms with E-state index in [0.717, 1.165) is 36.1 Å². The predicted molar refractivity (Wildman–Crippen MR) is 94.8 cm³/mol. The van der Waals surface area contributed by atoms with Crippen LogP contribution in [0.25, 0.3) is 0 Å². The lowest BCUT2D eigenvalue weighted by molar-refractivity contribution is 0.784. The van der Waals surface area contributed by atoms with Crippen LogP contribution in [0.1, 0.15) is 23.2 Å². The number of guanidine groups is 1. The van der Waals surface area contributed by atoms with E-state index >= 15 is 0 Å². The van der Waals surface area contributed by atoms with Crippen molar-refractivity contribution >= 4 is 28.9 Å². The van der Waals surface area contributed by atoms with Crippen LogP contribution in [0.4, 0.5) is 0 Å². The summed E-state index contributed by atoms with van der Waals surface area (Å²) in [4.78, 5) is 8.75. The van der Waals surface area contributed by atoms with Crippen molar-refractivity contribution in [1.29, 1.82) is 0 Å². The number of aromatic nitrogens is 1. The van der Waals surface area contributed by atoms with Gasteiger partial charge < -0.3 is 10.6 Å². The molecule has 2 rings (SSSR count). The largest absolute Gasteiger partial charge is 0.356 e. The molecule has 6 heteroatoms. The van der Waals surface area contributed by atoms with Crippen LogP contribution in [-0.2, 0) is 19.4 Å². The molecule has 0 amide bonds. The third-order valence-corrected chi connectivity index (χ3v) is 4.43. The average Bonchev–Trinajstić information content (AvgIpc) is 2.99. The minimum Gasteiger partial charge on any atom is -0.356 e. The Bertz CT molecular complexity index is 624. The Morgan fingerprint density at radius 1 is 1.36 bits per heavy atom. The van der Waals surface area contributed by atoms with Gasteiger partial charge in [0.05, 0.1) is 17.2 Å². The van der Waals surface area contributed by atoms with E-state index in [0.29, 0.717) is 6.54 Å². The van der Waals surface area contributed by atoms with Gasteiger partial charge in [0.1, 0.15) is 0 Å². The average molecular weight is 337 g/mol. The Labute approximate surface area is 140 Å². The van der Waals surface area contributed by atoms with Crippen LogP contribution in [0.15, 0.2) is 34.6 Å². The molecule has 0 bridgehead atoms. The van der Waals surface area contributed by atoms with Gasteiger partial charge in [-0.1, -0.05) is 30.7 Å². The Morgan fingerprint density at radius 3 is 2.91 bits per heavy atom. The number of hydrogen-bond acceptors (Lipinski definition) is 3. The molecule has 1 aromatic carbocycles. The lowest BCUT2D eigenvalue weighted by atomic mass is 10.1. The lowest BCUT2D eigenvalue weighted by Crippen LogP contribution is -2.37. The monoisotopic (exact) mass is 336 g/mol. The first-order valence-electron chi connectivity index (χ1n) is 7.33. The zero-order chi connectivity index (χ0) is 15.8. The SMILES string of the molecule is CCc1nc(CNC(=NC)NCCc2cccc(Cl)c2)cs1. The number of rotatable bonds is 6. The van der Waals surface area contributed by atoms with Gasteiger partial charge in [0.15, 0.2) is 5.96 Å². The quantitative estimate of drug-likeness (QED) is 0.628. The second-order valence-corrected chi connectivity index (χ2v) is 6.20. The number of aliphatic imine (C=N–C) groups is 1. The highest BCUT2D eigenvalue weighted by atomic mass is 35.5. The molecule has 118 valence electrons. The fourth-order valence-corrected chi connectivity index (χ4v) is 2.96. The number of halogens is 1. The summed E-state index contributed by atoms with van der Waals surface area (Å²) in [7, 11) is 1.77. The smallest absolute Gasteiger partial charge is 0.191 e. The van der Waals surface area contributed by atoms with Gasteiger partial charge >= 0.3 is 0 Å². The van der Waals surface area contributed by atoms with Gasteiger partial charge in [0.2, 0.25) is 0 Å². The zero-order valence-electron chi connectivity index (χ0n) is 12.9. The van der Waals surface area contributed by atoms with E-state index in [1.165, 1.54) is 10.6 Å². The summed E-state index contributed by atoms with van der Waals surface area (Å²) in [5, 5.41) is 10.6. The lowest BCUT2D eigenvalue weighted by Gasteiger charge is -2.11. The summed E-state index contributed by atoms with van der Waals surface area (Å²) >= 11 is 7.68. The summed E-state index contributed by atoms with van der Waals surface area (Å²) in [6, 6.07) is 7.92. The van der Waals surface area contributed by atoms with Crippen LogP contribution < -0.4 is 10.6 Å². The van der Waals surface area contributed by atoms with Gasteiger partial charge in [-0.15, -0.1) is 11.3 Å². The van der Waals surface area contributed by atoms with Gasteiger partial charge in [-0.3, -0.25) is 4.99 Å². The molecular weight excluding hydrogens is 316 g/mol. The van der Waals surface area contributed by atoms with Crippen molar-refractivity contribution < 1.29 is 0 Å². The molecule has 22 heavy (non-hydrogen) atoms. The first-order valence-corrected chi connectivity index (χ1v) is 8.59. The highest BCUT2D eigenvalue weighted by Gasteiger charge is 2.02. The maximum absolute atomic E-state index is 5.98. The number of nitrogens with zero attached hydrogens (tertiary/aromatic N) is 2. The Hall–Kier alpha value is -1.59. The van der Waals surface area contributed by atoms with Crippen molar-refractivity contribution in [1.82, 2.24) is 15.6 Å². The third-order valence-electron chi connectivity index (χ3n) is 3.16. The van der Waals surface area contributed by atoms with E-state index in [2.05, 4.69) is 39.0 Å². The Kier molecular flexibility index (Phi) is 6.68. The molecular formula is C16H21ClN4S. The minimum absolute atomic E-state index is 0.688. The summed E-state index contributed by atoms with van der Waals surface area (Å²) in [6.07, 6.45) is 1.88. The van der Waals surface area contributed by atoms with E-state index < -0.39 is 0 Å². The number of aryl methyl sites for hydroxylation is 1. The van der Waals surface area contributed by atoms with Crippen molar-refractivity contribution in [3.8, 4) is 0 Å². The summed E-state index contributed by atoms with van der Waals surface area (Å²) < 4.78 is 0. The standard InChI is InChI=1S/C16H21ClN4S/c1-3-15-21-14(11-22-15)10-20-16(18-2)19-8-7-12-5-4-6-13(17)9-12/h4-6,9,11H,3,7-8,10H2,1-2H3,(H2,18,19,20). The molecule has 0 saturated carbocycles. The second kappa shape index (κ2) is 8.76. The summed E-state index contributed by atoms with van der Waals surface area (Å²) in [6.45, 7) is 3.61. The zero-order valence-corrected chi connectivity index (χ0v) is 14.5. The summed E-state index contributed by atoms with van der Waals surface area (Å²) in [5.74, 6) is 0.785. The highest BCUT2D eigenvalue weighted by molar-refractivity contribution is 7.09. The molecule has 0 unspecified atom stereocenters.